The van der Waals surface area contributed by atoms with Crippen molar-refractivity contribution in [3.05, 3.63) is 65.5 Å². The minimum Gasteiger partial charge on any atom is -0.478 e. The topological polar surface area (TPSA) is 107 Å². The molecular formula is C19H16FN3O4. The Bertz CT molecular complexity index is 980. The van der Waals surface area contributed by atoms with Crippen LogP contribution >= 0.6 is 0 Å². The van der Waals surface area contributed by atoms with E-state index in [2.05, 4.69) is 5.10 Å². The Morgan fingerprint density at radius 1 is 1.19 bits per heavy atom. The third-order valence-corrected chi connectivity index (χ3v) is 3.99. The van der Waals surface area contributed by atoms with Gasteiger partial charge in [-0.3, -0.25) is 4.79 Å². The van der Waals surface area contributed by atoms with Gasteiger partial charge < -0.3 is 15.6 Å². The molecule has 2 aromatic carbocycles. The highest BCUT2D eigenvalue weighted by Crippen LogP contribution is 2.31. The number of amides is 1. The lowest BCUT2D eigenvalue weighted by molar-refractivity contribution is 0.0697. The van der Waals surface area contributed by atoms with E-state index in [0.717, 1.165) is 0 Å². The first-order valence-corrected chi connectivity index (χ1v) is 7.91. The first-order valence-electron chi connectivity index (χ1n) is 7.91. The molecule has 0 fully saturated rings. The predicted octanol–water partition coefficient (Wildman–Crippen LogP) is 2.76. The van der Waals surface area contributed by atoms with Crippen LogP contribution in [-0.4, -0.2) is 33.9 Å². The smallest absolute Gasteiger partial charge is 0.336 e. The Morgan fingerprint density at radius 2 is 1.85 bits per heavy atom. The fraction of sp³-hybridized carbons (Fsp3) is 0.105. The van der Waals surface area contributed by atoms with Gasteiger partial charge in [0.2, 0.25) is 5.91 Å². The number of hydrogen-bond donors (Lipinski definition) is 2. The molecule has 3 N–H and O–H groups in total. The largest absolute Gasteiger partial charge is 0.478 e. The quantitative estimate of drug-likeness (QED) is 0.695. The van der Waals surface area contributed by atoms with E-state index in [9.17, 15) is 19.1 Å². The number of carbonyl (C=O) groups excluding carboxylic acids is 1. The van der Waals surface area contributed by atoms with Crippen LogP contribution in [-0.2, 0) is 11.5 Å². The van der Waals surface area contributed by atoms with Crippen molar-refractivity contribution in [2.45, 2.75) is 6.73 Å². The van der Waals surface area contributed by atoms with E-state index < -0.39 is 11.9 Å². The number of rotatable bonds is 6. The van der Waals surface area contributed by atoms with Crippen LogP contribution in [0, 0.1) is 5.82 Å². The van der Waals surface area contributed by atoms with E-state index >= 15 is 0 Å². The van der Waals surface area contributed by atoms with Crippen LogP contribution in [0.15, 0.2) is 48.5 Å². The number of hydrogen-bond acceptors (Lipinski definition) is 4. The fourth-order valence-electron chi connectivity index (χ4n) is 2.82. The zero-order valence-electron chi connectivity index (χ0n) is 14.3. The minimum atomic E-state index is -1.21. The van der Waals surface area contributed by atoms with Gasteiger partial charge in [-0.2, -0.15) is 5.10 Å². The molecular weight excluding hydrogens is 353 g/mol. The lowest BCUT2D eigenvalue weighted by atomic mass is 9.97. The molecule has 0 atom stereocenters. The van der Waals surface area contributed by atoms with E-state index in [0.29, 0.717) is 11.3 Å². The summed E-state index contributed by atoms with van der Waals surface area (Å²) in [4.78, 5) is 23.5. The number of aromatic carboxylic acids is 1. The summed E-state index contributed by atoms with van der Waals surface area (Å²) in [5.74, 6) is -2.36. The summed E-state index contributed by atoms with van der Waals surface area (Å²) < 4.78 is 19.9. The second-order valence-corrected chi connectivity index (χ2v) is 5.74. The van der Waals surface area contributed by atoms with Gasteiger partial charge >= 0.3 is 5.97 Å². The van der Waals surface area contributed by atoms with Gasteiger partial charge in [-0.1, -0.05) is 6.07 Å². The van der Waals surface area contributed by atoms with Crippen LogP contribution in [0.5, 0.6) is 0 Å². The Balaban J connectivity index is 2.24. The lowest BCUT2D eigenvalue weighted by Crippen LogP contribution is -2.15. The van der Waals surface area contributed by atoms with Crippen molar-refractivity contribution in [1.82, 2.24) is 9.78 Å². The highest BCUT2D eigenvalue weighted by atomic mass is 19.1. The summed E-state index contributed by atoms with van der Waals surface area (Å²) in [7, 11) is 1.48. The highest BCUT2D eigenvalue weighted by Gasteiger charge is 2.22. The van der Waals surface area contributed by atoms with Crippen molar-refractivity contribution < 1.29 is 23.8 Å². The van der Waals surface area contributed by atoms with Crippen molar-refractivity contribution in [1.29, 1.82) is 0 Å². The molecule has 1 aromatic heterocycles. The van der Waals surface area contributed by atoms with Crippen LogP contribution < -0.4 is 5.73 Å². The van der Waals surface area contributed by atoms with Gasteiger partial charge in [-0.15, -0.1) is 0 Å². The average molecular weight is 369 g/mol. The maximum absolute atomic E-state index is 13.2. The van der Waals surface area contributed by atoms with Gasteiger partial charge in [0.15, 0.2) is 0 Å². The van der Waals surface area contributed by atoms with Crippen molar-refractivity contribution in [3.63, 3.8) is 0 Å². The molecule has 27 heavy (non-hydrogen) atoms. The number of primary amides is 1. The van der Waals surface area contributed by atoms with Gasteiger partial charge in [0.05, 0.1) is 17.0 Å². The molecule has 138 valence electrons. The molecule has 0 spiro atoms. The first-order chi connectivity index (χ1) is 12.9. The zero-order valence-corrected chi connectivity index (χ0v) is 14.3. The number of methoxy groups -OCH3 is 1. The van der Waals surface area contributed by atoms with Crippen LogP contribution in [0.25, 0.3) is 22.5 Å². The van der Waals surface area contributed by atoms with Gasteiger partial charge in [-0.25, -0.2) is 13.9 Å². The SMILES string of the molecule is COCn1nc(-c2c(C(N)=O)cccc2C(=O)O)cc1-c1ccc(F)cc1. The number of halogens is 1. The van der Waals surface area contributed by atoms with Crippen molar-refractivity contribution >= 4 is 11.9 Å². The third kappa shape index (κ3) is 3.56. The van der Waals surface area contributed by atoms with E-state index in [1.165, 1.54) is 42.1 Å². The summed E-state index contributed by atoms with van der Waals surface area (Å²) in [5.41, 5.74) is 6.96. The van der Waals surface area contributed by atoms with Crippen molar-refractivity contribution in [2.24, 2.45) is 5.73 Å². The lowest BCUT2D eigenvalue weighted by Gasteiger charge is -2.08. The molecule has 1 amide bonds. The van der Waals surface area contributed by atoms with E-state index in [1.54, 1.807) is 18.2 Å². The third-order valence-electron chi connectivity index (χ3n) is 3.99. The molecule has 0 radical (unpaired) electrons. The number of nitrogens with two attached hydrogens (primary N) is 1. The molecule has 3 aromatic rings. The molecule has 0 aliphatic heterocycles. The summed E-state index contributed by atoms with van der Waals surface area (Å²) in [6.45, 7) is 0.0772. The van der Waals surface area contributed by atoms with Crippen molar-refractivity contribution in [2.75, 3.05) is 7.11 Å². The molecule has 7 nitrogen and oxygen atoms in total. The van der Waals surface area contributed by atoms with Gasteiger partial charge in [0.1, 0.15) is 12.5 Å². The van der Waals surface area contributed by atoms with E-state index in [4.69, 9.17) is 10.5 Å². The van der Waals surface area contributed by atoms with Crippen molar-refractivity contribution in [3.8, 4) is 22.5 Å². The summed E-state index contributed by atoms with van der Waals surface area (Å²) in [5, 5.41) is 13.9. The number of ether oxygens (including phenoxy) is 1. The Morgan fingerprint density at radius 3 is 2.44 bits per heavy atom. The van der Waals surface area contributed by atoms with E-state index in [1.807, 2.05) is 0 Å². The molecule has 0 unspecified atom stereocenters. The number of carboxylic acid groups (broad SMARTS) is 1. The van der Waals surface area contributed by atoms with Crippen LogP contribution in [0.1, 0.15) is 20.7 Å². The molecule has 0 saturated heterocycles. The predicted molar refractivity (Wildman–Crippen MR) is 95.5 cm³/mol. The first kappa shape index (κ1) is 18.3. The highest BCUT2D eigenvalue weighted by molar-refractivity contribution is 6.06. The maximum Gasteiger partial charge on any atom is 0.336 e. The van der Waals surface area contributed by atoms with Crippen LogP contribution in [0.2, 0.25) is 0 Å². The molecule has 3 rings (SSSR count). The Kier molecular flexibility index (Phi) is 5.00. The number of aromatic nitrogens is 2. The molecule has 0 aliphatic carbocycles. The molecule has 0 bridgehead atoms. The maximum atomic E-state index is 13.2. The standard InChI is InChI=1S/C19H16FN3O4/c1-27-10-23-16(11-5-7-12(20)8-6-11)9-15(22-23)17-13(18(21)24)3-2-4-14(17)19(25)26/h2-9H,10H2,1H3,(H2,21,24)(H,25,26). The zero-order chi connectivity index (χ0) is 19.6. The molecule has 1 heterocycles. The van der Waals surface area contributed by atoms with Gasteiger partial charge in [0, 0.05) is 23.8 Å². The Labute approximate surface area is 153 Å². The molecule has 8 heteroatoms. The average Bonchev–Trinajstić information content (AvgIpc) is 3.05. The van der Waals surface area contributed by atoms with Crippen LogP contribution in [0.3, 0.4) is 0 Å². The molecule has 0 aliphatic rings. The summed E-state index contributed by atoms with van der Waals surface area (Å²) >= 11 is 0. The Hall–Kier alpha value is -3.52. The summed E-state index contributed by atoms with van der Waals surface area (Å²) in [6.07, 6.45) is 0. The number of nitrogens with zero attached hydrogens (tertiary/aromatic N) is 2. The number of carboxylic acids is 1. The normalized spacial score (nSPS) is 10.7. The van der Waals surface area contributed by atoms with Crippen LogP contribution in [0.4, 0.5) is 4.39 Å². The number of carbonyl (C=O) groups is 2. The second kappa shape index (κ2) is 7.38. The monoisotopic (exact) mass is 369 g/mol. The summed E-state index contributed by atoms with van der Waals surface area (Å²) in [6, 6.07) is 11.6. The number of benzene rings is 2. The van der Waals surface area contributed by atoms with E-state index in [-0.39, 0.29) is 34.9 Å². The fourth-order valence-corrected chi connectivity index (χ4v) is 2.82. The van der Waals surface area contributed by atoms with Gasteiger partial charge in [-0.05, 0) is 42.5 Å². The second-order valence-electron chi connectivity index (χ2n) is 5.74. The van der Waals surface area contributed by atoms with Gasteiger partial charge in [0.25, 0.3) is 0 Å². The minimum absolute atomic E-state index is 0.0441. The molecule has 0 saturated carbocycles.